The number of carbonyl (C=O) groups excluding carboxylic acids is 1. The molecule has 0 spiro atoms. The maximum atomic E-state index is 12.3. The Kier molecular flexibility index (Phi) is 4.87. The first kappa shape index (κ1) is 15.8. The number of carbonyl (C=O) groups is 1. The van der Waals surface area contributed by atoms with E-state index in [1.54, 1.807) is 16.7 Å². The van der Waals surface area contributed by atoms with Crippen molar-refractivity contribution < 1.29 is 22.7 Å². The molecule has 2 N–H and O–H groups in total. The zero-order chi connectivity index (χ0) is 15.5. The molecule has 116 valence electrons. The topological polar surface area (TPSA) is 55.6 Å². The predicted molar refractivity (Wildman–Crippen MR) is 75.4 cm³/mol. The molecule has 21 heavy (non-hydrogen) atoms. The van der Waals surface area contributed by atoms with Crippen LogP contribution >= 0.6 is 11.8 Å². The molecule has 1 amide bonds. The van der Waals surface area contributed by atoms with Gasteiger partial charge in [0, 0.05) is 24.4 Å². The first-order valence-electron chi connectivity index (χ1n) is 6.39. The number of nitrogens with zero attached hydrogens (tertiary/aromatic N) is 1. The van der Waals surface area contributed by atoms with Gasteiger partial charge in [0.25, 0.3) is 5.91 Å². The Bertz CT molecular complexity index is 515. The Labute approximate surface area is 124 Å². The third-order valence-corrected chi connectivity index (χ3v) is 4.04. The second kappa shape index (κ2) is 6.46. The van der Waals surface area contributed by atoms with E-state index in [9.17, 15) is 18.0 Å². The van der Waals surface area contributed by atoms with E-state index in [1.165, 1.54) is 12.1 Å². The molecule has 0 unspecified atom stereocenters. The number of ether oxygens (including phenoxy) is 1. The zero-order valence-corrected chi connectivity index (χ0v) is 12.0. The van der Waals surface area contributed by atoms with Crippen molar-refractivity contribution in [3.63, 3.8) is 0 Å². The largest absolute Gasteiger partial charge is 0.573 e. The van der Waals surface area contributed by atoms with Crippen molar-refractivity contribution in [1.29, 1.82) is 0 Å². The Morgan fingerprint density at radius 3 is 2.71 bits per heavy atom. The lowest BCUT2D eigenvalue weighted by Crippen LogP contribution is -2.33. The molecular weight excluding hydrogens is 305 g/mol. The highest BCUT2D eigenvalue weighted by Crippen LogP contribution is 2.29. The van der Waals surface area contributed by atoms with Gasteiger partial charge in [0.15, 0.2) is 5.75 Å². The van der Waals surface area contributed by atoms with E-state index < -0.39 is 12.1 Å². The van der Waals surface area contributed by atoms with Gasteiger partial charge in [-0.3, -0.25) is 4.79 Å². The van der Waals surface area contributed by atoms with E-state index >= 15 is 0 Å². The van der Waals surface area contributed by atoms with Crippen LogP contribution < -0.4 is 10.5 Å². The maximum absolute atomic E-state index is 12.3. The fourth-order valence-electron chi connectivity index (χ4n) is 2.03. The van der Waals surface area contributed by atoms with Crippen molar-refractivity contribution in [1.82, 2.24) is 4.90 Å². The molecule has 1 fully saturated rings. The van der Waals surface area contributed by atoms with Gasteiger partial charge in [0.05, 0.1) is 5.69 Å². The summed E-state index contributed by atoms with van der Waals surface area (Å²) in [5.41, 5.74) is 5.59. The van der Waals surface area contributed by atoms with Gasteiger partial charge in [-0.15, -0.1) is 13.2 Å². The molecule has 1 aliphatic rings. The Morgan fingerprint density at radius 1 is 1.29 bits per heavy atom. The van der Waals surface area contributed by atoms with Crippen molar-refractivity contribution in [2.75, 3.05) is 30.3 Å². The van der Waals surface area contributed by atoms with Gasteiger partial charge in [-0.05, 0) is 30.4 Å². The molecule has 0 saturated carbocycles. The van der Waals surface area contributed by atoms with Crippen LogP contribution in [0, 0.1) is 0 Å². The number of amides is 1. The second-order valence-electron chi connectivity index (χ2n) is 4.56. The van der Waals surface area contributed by atoms with Gasteiger partial charge >= 0.3 is 6.36 Å². The first-order valence-corrected chi connectivity index (χ1v) is 7.54. The third kappa shape index (κ3) is 4.45. The van der Waals surface area contributed by atoms with E-state index in [1.807, 2.05) is 0 Å². The summed E-state index contributed by atoms with van der Waals surface area (Å²) in [5, 5.41) is 0. The molecule has 1 aromatic carbocycles. The standard InChI is InChI=1S/C13H15F3N2O2S/c14-13(15,16)20-11-3-2-9(8-10(11)17)12(19)18-4-1-6-21-7-5-18/h2-3,8H,1,4-7,17H2. The molecule has 0 aliphatic carbocycles. The molecule has 0 bridgehead atoms. The molecule has 4 nitrogen and oxygen atoms in total. The average Bonchev–Trinajstić information content (AvgIpc) is 2.67. The van der Waals surface area contributed by atoms with Gasteiger partial charge in [-0.1, -0.05) is 0 Å². The van der Waals surface area contributed by atoms with E-state index in [4.69, 9.17) is 5.73 Å². The van der Waals surface area contributed by atoms with Gasteiger partial charge in [-0.25, -0.2) is 0 Å². The summed E-state index contributed by atoms with van der Waals surface area (Å²) in [4.78, 5) is 14.0. The molecular formula is C13H15F3N2O2S. The lowest BCUT2D eigenvalue weighted by Gasteiger charge is -2.20. The summed E-state index contributed by atoms with van der Waals surface area (Å²) in [6, 6.07) is 3.60. The Morgan fingerprint density at radius 2 is 2.05 bits per heavy atom. The average molecular weight is 320 g/mol. The van der Waals surface area contributed by atoms with Crippen LogP contribution in [0.4, 0.5) is 18.9 Å². The van der Waals surface area contributed by atoms with Gasteiger partial charge in [0.2, 0.25) is 0 Å². The summed E-state index contributed by atoms with van der Waals surface area (Å²) in [6.07, 6.45) is -3.90. The monoisotopic (exact) mass is 320 g/mol. The Balaban J connectivity index is 2.13. The number of hydrogen-bond donors (Lipinski definition) is 1. The third-order valence-electron chi connectivity index (χ3n) is 2.99. The SMILES string of the molecule is Nc1cc(C(=O)N2CCCSCC2)ccc1OC(F)(F)F. The van der Waals surface area contributed by atoms with E-state index in [0.29, 0.717) is 13.1 Å². The van der Waals surface area contributed by atoms with Crippen molar-refractivity contribution in [2.45, 2.75) is 12.8 Å². The van der Waals surface area contributed by atoms with Crippen LogP contribution in [0.5, 0.6) is 5.75 Å². The van der Waals surface area contributed by atoms with Crippen LogP contribution in [-0.4, -0.2) is 41.8 Å². The number of nitrogens with two attached hydrogens (primary N) is 1. The first-order chi connectivity index (χ1) is 9.87. The summed E-state index contributed by atoms with van der Waals surface area (Å²) in [5.74, 6) is 1.15. The summed E-state index contributed by atoms with van der Waals surface area (Å²) >= 11 is 1.78. The van der Waals surface area contributed by atoms with E-state index in [2.05, 4.69) is 4.74 Å². The Hall–Kier alpha value is -1.57. The molecule has 1 aliphatic heterocycles. The molecule has 1 saturated heterocycles. The van der Waals surface area contributed by atoms with Gasteiger partial charge < -0.3 is 15.4 Å². The molecule has 1 aromatic rings. The van der Waals surface area contributed by atoms with Crippen molar-refractivity contribution in [3.8, 4) is 5.75 Å². The lowest BCUT2D eigenvalue weighted by atomic mass is 10.1. The molecule has 8 heteroatoms. The van der Waals surface area contributed by atoms with Crippen molar-refractivity contribution in [2.24, 2.45) is 0 Å². The maximum Gasteiger partial charge on any atom is 0.573 e. The minimum Gasteiger partial charge on any atom is -0.404 e. The molecule has 1 heterocycles. The van der Waals surface area contributed by atoms with Crippen molar-refractivity contribution in [3.05, 3.63) is 23.8 Å². The van der Waals surface area contributed by atoms with Crippen LogP contribution in [0.15, 0.2) is 18.2 Å². The normalized spacial score (nSPS) is 16.4. The minimum atomic E-state index is -4.80. The summed E-state index contributed by atoms with van der Waals surface area (Å²) < 4.78 is 40.3. The highest BCUT2D eigenvalue weighted by Gasteiger charge is 2.32. The van der Waals surface area contributed by atoms with Crippen LogP contribution in [0.1, 0.15) is 16.8 Å². The number of anilines is 1. The molecule has 0 atom stereocenters. The smallest absolute Gasteiger partial charge is 0.404 e. The van der Waals surface area contributed by atoms with Crippen LogP contribution in [0.3, 0.4) is 0 Å². The number of thioether (sulfide) groups is 1. The highest BCUT2D eigenvalue weighted by molar-refractivity contribution is 7.99. The number of rotatable bonds is 2. The number of benzene rings is 1. The van der Waals surface area contributed by atoms with Gasteiger partial charge in [-0.2, -0.15) is 11.8 Å². The number of hydrogen-bond acceptors (Lipinski definition) is 4. The van der Waals surface area contributed by atoms with E-state index in [-0.39, 0.29) is 17.2 Å². The molecule has 0 radical (unpaired) electrons. The second-order valence-corrected chi connectivity index (χ2v) is 5.78. The fraction of sp³-hybridized carbons (Fsp3) is 0.462. The van der Waals surface area contributed by atoms with Crippen LogP contribution in [0.2, 0.25) is 0 Å². The molecule has 2 rings (SSSR count). The van der Waals surface area contributed by atoms with E-state index in [0.717, 1.165) is 24.0 Å². The number of alkyl halides is 3. The predicted octanol–water partition coefficient (Wildman–Crippen LogP) is 2.75. The van der Waals surface area contributed by atoms with Crippen molar-refractivity contribution >= 4 is 23.4 Å². The van der Waals surface area contributed by atoms with Crippen LogP contribution in [-0.2, 0) is 0 Å². The quantitative estimate of drug-likeness (QED) is 0.851. The molecule has 0 aromatic heterocycles. The highest BCUT2D eigenvalue weighted by atomic mass is 32.2. The fourth-order valence-corrected chi connectivity index (χ4v) is 2.92. The zero-order valence-electron chi connectivity index (χ0n) is 11.2. The van der Waals surface area contributed by atoms with Crippen LogP contribution in [0.25, 0.3) is 0 Å². The summed E-state index contributed by atoms with van der Waals surface area (Å²) in [7, 11) is 0. The number of nitrogen functional groups attached to an aromatic ring is 1. The number of halogens is 3. The minimum absolute atomic E-state index is 0.206. The lowest BCUT2D eigenvalue weighted by molar-refractivity contribution is -0.274. The summed E-state index contributed by atoms with van der Waals surface area (Å²) in [6.45, 7) is 1.27. The van der Waals surface area contributed by atoms with Gasteiger partial charge in [0.1, 0.15) is 0 Å².